The first-order chi connectivity index (χ1) is 8.67. The summed E-state index contributed by atoms with van der Waals surface area (Å²) in [5.74, 6) is 2.89. The van der Waals surface area contributed by atoms with Crippen LogP contribution in [0.15, 0.2) is 6.07 Å². The first-order valence-electron chi connectivity index (χ1n) is 6.61. The number of aromatic nitrogens is 2. The molecule has 2 heterocycles. The molecular formula is C14H22ClN3S. The maximum atomic E-state index is 6.16. The maximum Gasteiger partial charge on any atom is 0.137 e. The van der Waals surface area contributed by atoms with Gasteiger partial charge in [-0.2, -0.15) is 11.8 Å². The number of thioether (sulfide) groups is 1. The lowest BCUT2D eigenvalue weighted by Crippen LogP contribution is -2.43. The molecule has 3 nitrogen and oxygen atoms in total. The summed E-state index contributed by atoms with van der Waals surface area (Å²) in [7, 11) is 0. The van der Waals surface area contributed by atoms with Crippen molar-refractivity contribution >= 4 is 29.2 Å². The van der Waals surface area contributed by atoms with E-state index in [1.165, 1.54) is 0 Å². The lowest BCUT2D eigenvalue weighted by Gasteiger charge is -2.38. The second-order valence-corrected chi connectivity index (χ2v) is 8.84. The third-order valence-corrected chi connectivity index (χ3v) is 4.59. The topological polar surface area (TPSA) is 29.0 Å². The molecule has 106 valence electrons. The first-order valence-corrected chi connectivity index (χ1v) is 7.98. The van der Waals surface area contributed by atoms with Crippen LogP contribution < -0.4 is 4.90 Å². The van der Waals surface area contributed by atoms with E-state index in [2.05, 4.69) is 44.5 Å². The summed E-state index contributed by atoms with van der Waals surface area (Å²) < 4.78 is 0.261. The number of anilines is 1. The molecule has 0 spiro atoms. The number of hydrogen-bond donors (Lipinski definition) is 0. The molecule has 1 aliphatic heterocycles. The second kappa shape index (κ2) is 5.13. The predicted molar refractivity (Wildman–Crippen MR) is 84.5 cm³/mol. The molecular weight excluding hydrogens is 278 g/mol. The fourth-order valence-electron chi connectivity index (χ4n) is 2.12. The summed E-state index contributed by atoms with van der Waals surface area (Å²) in [5, 5.41) is 0.533. The van der Waals surface area contributed by atoms with Gasteiger partial charge in [-0.1, -0.05) is 32.4 Å². The van der Waals surface area contributed by atoms with E-state index in [0.717, 1.165) is 30.5 Å². The van der Waals surface area contributed by atoms with Crippen LogP contribution in [0, 0.1) is 0 Å². The van der Waals surface area contributed by atoms with Crippen LogP contribution in [-0.4, -0.2) is 33.6 Å². The highest BCUT2D eigenvalue weighted by Gasteiger charge is 2.29. The van der Waals surface area contributed by atoms with Crippen LogP contribution in [0.1, 0.15) is 40.4 Å². The number of rotatable bonds is 1. The molecule has 1 aliphatic rings. The molecule has 19 heavy (non-hydrogen) atoms. The van der Waals surface area contributed by atoms with Gasteiger partial charge in [0.25, 0.3) is 0 Å². The molecule has 1 aromatic heterocycles. The molecule has 0 unspecified atom stereocenters. The normalized spacial score (nSPS) is 19.6. The molecule has 0 aliphatic carbocycles. The Bertz CT molecular complexity index is 468. The van der Waals surface area contributed by atoms with E-state index in [4.69, 9.17) is 16.6 Å². The van der Waals surface area contributed by atoms with Gasteiger partial charge in [-0.05, 0) is 13.8 Å². The van der Waals surface area contributed by atoms with Crippen molar-refractivity contribution in [1.82, 2.24) is 9.97 Å². The fourth-order valence-corrected chi connectivity index (χ4v) is 3.40. The maximum absolute atomic E-state index is 6.16. The van der Waals surface area contributed by atoms with Gasteiger partial charge in [0.2, 0.25) is 0 Å². The Morgan fingerprint density at radius 1 is 1.32 bits per heavy atom. The van der Waals surface area contributed by atoms with Gasteiger partial charge in [0.15, 0.2) is 0 Å². The van der Waals surface area contributed by atoms with Gasteiger partial charge in [-0.3, -0.25) is 0 Å². The Labute approximate surface area is 125 Å². The molecule has 5 heteroatoms. The highest BCUT2D eigenvalue weighted by Crippen LogP contribution is 2.32. The van der Waals surface area contributed by atoms with Crippen LogP contribution in [0.3, 0.4) is 0 Å². The second-order valence-electron chi connectivity index (χ2n) is 6.65. The Kier molecular flexibility index (Phi) is 4.03. The molecule has 0 radical (unpaired) electrons. The van der Waals surface area contributed by atoms with Gasteiger partial charge in [0.05, 0.1) is 0 Å². The van der Waals surface area contributed by atoms with E-state index in [1.54, 1.807) is 0 Å². The zero-order valence-corrected chi connectivity index (χ0v) is 13.9. The molecule has 1 fully saturated rings. The first kappa shape index (κ1) is 14.9. The molecule has 0 bridgehead atoms. The summed E-state index contributed by atoms with van der Waals surface area (Å²) in [4.78, 5) is 11.4. The van der Waals surface area contributed by atoms with E-state index < -0.39 is 0 Å². The van der Waals surface area contributed by atoms with E-state index >= 15 is 0 Å². The molecule has 0 amide bonds. The van der Waals surface area contributed by atoms with Crippen LogP contribution in [0.2, 0.25) is 5.15 Å². The molecule has 1 aromatic rings. The van der Waals surface area contributed by atoms with E-state index in [0.29, 0.717) is 5.15 Å². The largest absolute Gasteiger partial charge is 0.354 e. The zero-order chi connectivity index (χ0) is 14.3. The van der Waals surface area contributed by atoms with Crippen LogP contribution in [0.4, 0.5) is 5.82 Å². The van der Waals surface area contributed by atoms with Crippen LogP contribution in [-0.2, 0) is 5.41 Å². The lowest BCUT2D eigenvalue weighted by atomic mass is 9.96. The minimum Gasteiger partial charge on any atom is -0.354 e. The Morgan fingerprint density at radius 2 is 2.00 bits per heavy atom. The molecule has 1 saturated heterocycles. The highest BCUT2D eigenvalue weighted by atomic mass is 35.5. The summed E-state index contributed by atoms with van der Waals surface area (Å²) >= 11 is 8.18. The van der Waals surface area contributed by atoms with Crippen molar-refractivity contribution in [3.63, 3.8) is 0 Å². The number of nitrogens with zero attached hydrogens (tertiary/aromatic N) is 3. The van der Waals surface area contributed by atoms with Crippen LogP contribution in [0.25, 0.3) is 0 Å². The van der Waals surface area contributed by atoms with Crippen molar-refractivity contribution in [3.8, 4) is 0 Å². The van der Waals surface area contributed by atoms with Crippen molar-refractivity contribution in [2.24, 2.45) is 0 Å². The van der Waals surface area contributed by atoms with Gasteiger partial charge in [0.1, 0.15) is 16.8 Å². The molecule has 0 aromatic carbocycles. The van der Waals surface area contributed by atoms with Gasteiger partial charge in [-0.25, -0.2) is 9.97 Å². The van der Waals surface area contributed by atoms with Crippen LogP contribution >= 0.6 is 23.4 Å². The molecule has 0 N–H and O–H groups in total. The van der Waals surface area contributed by atoms with E-state index in [9.17, 15) is 0 Å². The van der Waals surface area contributed by atoms with Crippen molar-refractivity contribution < 1.29 is 0 Å². The zero-order valence-electron chi connectivity index (χ0n) is 12.3. The SMILES string of the molecule is CC1(C)CN(c2cc(Cl)nc(C(C)(C)C)n2)CCS1. The Balaban J connectivity index is 2.32. The minimum atomic E-state index is -0.0836. The Morgan fingerprint density at radius 3 is 2.58 bits per heavy atom. The lowest BCUT2D eigenvalue weighted by molar-refractivity contribution is 0.542. The minimum absolute atomic E-state index is 0.0836. The van der Waals surface area contributed by atoms with Crippen molar-refractivity contribution in [1.29, 1.82) is 0 Å². The van der Waals surface area contributed by atoms with Crippen molar-refractivity contribution in [3.05, 3.63) is 17.0 Å². The quantitative estimate of drug-likeness (QED) is 0.738. The van der Waals surface area contributed by atoms with Crippen molar-refractivity contribution in [2.75, 3.05) is 23.7 Å². The number of halogens is 1. The summed E-state index contributed by atoms with van der Waals surface area (Å²) in [6, 6.07) is 1.88. The third-order valence-electron chi connectivity index (χ3n) is 3.10. The standard InChI is InChI=1S/C14H22ClN3S/c1-13(2,3)12-16-10(15)8-11(17-12)18-6-7-19-14(4,5)9-18/h8H,6-7,9H2,1-5H3. The smallest absolute Gasteiger partial charge is 0.137 e. The fraction of sp³-hybridized carbons (Fsp3) is 0.714. The highest BCUT2D eigenvalue weighted by molar-refractivity contribution is 8.00. The van der Waals surface area contributed by atoms with E-state index in [1.807, 2.05) is 17.8 Å². The molecule has 0 saturated carbocycles. The predicted octanol–water partition coefficient (Wildman–Crippen LogP) is 3.76. The average Bonchev–Trinajstić information content (AvgIpc) is 2.25. The van der Waals surface area contributed by atoms with Gasteiger partial charge in [0, 0.05) is 35.1 Å². The molecule has 0 atom stereocenters. The van der Waals surface area contributed by atoms with Gasteiger partial charge < -0.3 is 4.90 Å². The summed E-state index contributed by atoms with van der Waals surface area (Å²) in [5.41, 5.74) is -0.0836. The monoisotopic (exact) mass is 299 g/mol. The van der Waals surface area contributed by atoms with Gasteiger partial charge in [-0.15, -0.1) is 0 Å². The summed E-state index contributed by atoms with van der Waals surface area (Å²) in [6.07, 6.45) is 0. The average molecular weight is 300 g/mol. The van der Waals surface area contributed by atoms with E-state index in [-0.39, 0.29) is 10.2 Å². The van der Waals surface area contributed by atoms with Crippen LogP contribution in [0.5, 0.6) is 0 Å². The molecule has 2 rings (SSSR count). The third kappa shape index (κ3) is 3.76. The number of hydrogen-bond acceptors (Lipinski definition) is 4. The summed E-state index contributed by atoms with van der Waals surface area (Å²) in [6.45, 7) is 12.9. The van der Waals surface area contributed by atoms with Gasteiger partial charge >= 0.3 is 0 Å². The Hall–Kier alpha value is -0.480. The van der Waals surface area contributed by atoms with Crippen molar-refractivity contribution in [2.45, 2.75) is 44.8 Å².